The molecule has 3 rings (SSSR count). The number of hydrogen-bond donors (Lipinski definition) is 1. The first-order valence-corrected chi connectivity index (χ1v) is 7.99. The molecule has 0 fully saturated rings. The molecule has 1 aliphatic heterocycles. The highest BCUT2D eigenvalue weighted by molar-refractivity contribution is 8.18. The maximum absolute atomic E-state index is 12.1. The van der Waals surface area contributed by atoms with Gasteiger partial charge in [0.15, 0.2) is 5.17 Å². The lowest BCUT2D eigenvalue weighted by Gasteiger charge is -2.19. The van der Waals surface area contributed by atoms with Crippen molar-refractivity contribution in [3.63, 3.8) is 0 Å². The van der Waals surface area contributed by atoms with E-state index in [-0.39, 0.29) is 11.5 Å². The Balaban J connectivity index is 1.88. The Hall–Kier alpha value is -2.80. The van der Waals surface area contributed by atoms with Crippen LogP contribution in [0.2, 0.25) is 0 Å². The quantitative estimate of drug-likeness (QED) is 0.869. The second-order valence-electron chi connectivity index (χ2n) is 5.24. The van der Waals surface area contributed by atoms with E-state index < -0.39 is 5.97 Å². The molecule has 6 nitrogen and oxygen atoms in total. The molecule has 0 atom stereocenters. The van der Waals surface area contributed by atoms with Crippen LogP contribution in [-0.2, 0) is 11.8 Å². The molecule has 0 aliphatic carbocycles. The second kappa shape index (κ2) is 6.37. The Morgan fingerprint density at radius 1 is 1.29 bits per heavy atom. The molecule has 24 heavy (non-hydrogen) atoms. The van der Waals surface area contributed by atoms with Crippen molar-refractivity contribution in [1.82, 2.24) is 4.57 Å². The van der Waals surface area contributed by atoms with E-state index in [0.717, 1.165) is 5.69 Å². The first kappa shape index (κ1) is 16.1. The molecule has 0 spiro atoms. The van der Waals surface area contributed by atoms with E-state index >= 15 is 0 Å². The van der Waals surface area contributed by atoms with Crippen molar-refractivity contribution in [2.24, 2.45) is 12.0 Å². The van der Waals surface area contributed by atoms with E-state index in [1.54, 1.807) is 36.2 Å². The van der Waals surface area contributed by atoms with Crippen LogP contribution in [0.5, 0.6) is 0 Å². The second-order valence-corrected chi connectivity index (χ2v) is 6.24. The minimum atomic E-state index is -1.02. The van der Waals surface area contributed by atoms with Crippen LogP contribution in [0.3, 0.4) is 0 Å². The zero-order valence-electron chi connectivity index (χ0n) is 13.1. The Labute approximate surface area is 143 Å². The van der Waals surface area contributed by atoms with Gasteiger partial charge >= 0.3 is 5.97 Å². The maximum Gasteiger partial charge on any atom is 0.337 e. The average Bonchev–Trinajstić information content (AvgIpc) is 3.13. The summed E-state index contributed by atoms with van der Waals surface area (Å²) >= 11 is 1.23. The number of rotatable bonds is 3. The van der Waals surface area contributed by atoms with E-state index in [1.807, 2.05) is 29.9 Å². The average molecular weight is 341 g/mol. The van der Waals surface area contributed by atoms with Crippen molar-refractivity contribution in [3.8, 4) is 0 Å². The van der Waals surface area contributed by atoms with E-state index in [9.17, 15) is 14.7 Å². The van der Waals surface area contributed by atoms with Gasteiger partial charge < -0.3 is 14.6 Å². The van der Waals surface area contributed by atoms with Gasteiger partial charge in [-0.1, -0.05) is 12.1 Å². The number of aromatic carboxylic acids is 1. The Morgan fingerprint density at radius 2 is 2.04 bits per heavy atom. The maximum atomic E-state index is 12.1. The van der Waals surface area contributed by atoms with Crippen molar-refractivity contribution in [1.29, 1.82) is 0 Å². The summed E-state index contributed by atoms with van der Waals surface area (Å²) in [5.74, 6) is -1.34. The Morgan fingerprint density at radius 3 is 2.71 bits per heavy atom. The third kappa shape index (κ3) is 2.98. The van der Waals surface area contributed by atoms with Crippen LogP contribution in [0, 0.1) is 0 Å². The molecule has 0 saturated heterocycles. The fourth-order valence-corrected chi connectivity index (χ4v) is 3.22. The monoisotopic (exact) mass is 341 g/mol. The first-order valence-electron chi connectivity index (χ1n) is 7.17. The summed E-state index contributed by atoms with van der Waals surface area (Å²) in [5, 5.41) is 9.76. The fourth-order valence-electron chi connectivity index (χ4n) is 2.35. The van der Waals surface area contributed by atoms with Gasteiger partial charge in [-0.2, -0.15) is 4.99 Å². The van der Waals surface area contributed by atoms with Gasteiger partial charge in [-0.25, -0.2) is 4.79 Å². The largest absolute Gasteiger partial charge is 0.478 e. The van der Waals surface area contributed by atoms with Gasteiger partial charge in [0.2, 0.25) is 0 Å². The number of hydrogen-bond acceptors (Lipinski definition) is 4. The van der Waals surface area contributed by atoms with Crippen LogP contribution in [0.4, 0.5) is 5.69 Å². The van der Waals surface area contributed by atoms with Crippen LogP contribution < -0.4 is 4.90 Å². The summed E-state index contributed by atoms with van der Waals surface area (Å²) in [6, 6.07) is 10.4. The lowest BCUT2D eigenvalue weighted by molar-refractivity contribution is -0.113. The number of amides is 1. The Kier molecular flexibility index (Phi) is 4.26. The molecule has 1 aromatic carbocycles. The molecular weight excluding hydrogens is 326 g/mol. The summed E-state index contributed by atoms with van der Waals surface area (Å²) in [6.45, 7) is 0. The van der Waals surface area contributed by atoms with E-state index in [4.69, 9.17) is 0 Å². The molecule has 0 unspecified atom stereocenters. The van der Waals surface area contributed by atoms with Gasteiger partial charge in [-0.3, -0.25) is 4.79 Å². The van der Waals surface area contributed by atoms with Crippen LogP contribution in [0.1, 0.15) is 16.1 Å². The molecule has 7 heteroatoms. The van der Waals surface area contributed by atoms with Gasteiger partial charge in [0.25, 0.3) is 5.91 Å². The smallest absolute Gasteiger partial charge is 0.337 e. The molecule has 1 amide bonds. The van der Waals surface area contributed by atoms with Crippen molar-refractivity contribution in [2.45, 2.75) is 0 Å². The summed E-state index contributed by atoms with van der Waals surface area (Å²) in [6.07, 6.45) is 3.67. The molecule has 0 bridgehead atoms. The number of nitrogens with zero attached hydrogens (tertiary/aromatic N) is 3. The van der Waals surface area contributed by atoms with Crippen LogP contribution in [-0.4, -0.2) is 33.8 Å². The van der Waals surface area contributed by atoms with Crippen molar-refractivity contribution in [3.05, 3.63) is 58.8 Å². The number of carbonyl (C=O) groups excluding carboxylic acids is 1. The van der Waals surface area contributed by atoms with Crippen molar-refractivity contribution in [2.75, 3.05) is 11.9 Å². The number of amidine groups is 1. The minimum Gasteiger partial charge on any atom is -0.478 e. The molecule has 1 N–H and O–H groups in total. The normalized spacial score (nSPS) is 15.7. The molecule has 1 aliphatic rings. The lowest BCUT2D eigenvalue weighted by Crippen LogP contribution is -2.24. The molecule has 0 radical (unpaired) electrons. The van der Waals surface area contributed by atoms with Gasteiger partial charge in [0.1, 0.15) is 0 Å². The summed E-state index contributed by atoms with van der Waals surface area (Å²) in [5.41, 5.74) is 1.55. The predicted octanol–water partition coefficient (Wildman–Crippen LogP) is 2.83. The number of para-hydroxylation sites is 1. The summed E-state index contributed by atoms with van der Waals surface area (Å²) in [7, 11) is 3.60. The number of carboxylic acid groups (broad SMARTS) is 1. The zero-order valence-corrected chi connectivity index (χ0v) is 13.9. The molecule has 0 saturated carbocycles. The summed E-state index contributed by atoms with van der Waals surface area (Å²) < 4.78 is 1.91. The molecule has 122 valence electrons. The number of aromatic nitrogens is 1. The van der Waals surface area contributed by atoms with Crippen molar-refractivity contribution >= 4 is 40.6 Å². The molecule has 2 aromatic rings. The third-order valence-corrected chi connectivity index (χ3v) is 4.71. The topological polar surface area (TPSA) is 74.9 Å². The third-order valence-electron chi connectivity index (χ3n) is 3.65. The van der Waals surface area contributed by atoms with Crippen LogP contribution >= 0.6 is 11.8 Å². The summed E-state index contributed by atoms with van der Waals surface area (Å²) in [4.78, 5) is 29.7. The predicted molar refractivity (Wildman–Crippen MR) is 95.2 cm³/mol. The number of anilines is 1. The number of carboxylic acids is 1. The fraction of sp³-hybridized carbons (Fsp3) is 0.118. The van der Waals surface area contributed by atoms with E-state index in [0.29, 0.717) is 15.8 Å². The van der Waals surface area contributed by atoms with Gasteiger partial charge in [0.05, 0.1) is 16.2 Å². The lowest BCUT2D eigenvalue weighted by atomic mass is 10.1. The molecule has 1 aromatic heterocycles. The highest BCUT2D eigenvalue weighted by atomic mass is 32.2. The minimum absolute atomic E-state index is 0.163. The van der Waals surface area contributed by atoms with Gasteiger partial charge in [-0.05, 0) is 42.1 Å². The number of aryl methyl sites for hydroxylation is 1. The number of thioether (sulfide) groups is 1. The molecule has 2 heterocycles. The van der Waals surface area contributed by atoms with Crippen LogP contribution in [0.15, 0.2) is 52.5 Å². The standard InChI is InChI=1S/C17H15N3O3S/c1-19-9-5-6-11(19)10-14-15(21)18-17(24-14)20(2)13-8-4-3-7-12(13)16(22)23/h3-10H,1-2H3,(H,22,23)/b14-10-. The number of benzene rings is 1. The van der Waals surface area contributed by atoms with Crippen molar-refractivity contribution < 1.29 is 14.7 Å². The zero-order chi connectivity index (χ0) is 17.3. The van der Waals surface area contributed by atoms with Crippen LogP contribution in [0.25, 0.3) is 6.08 Å². The van der Waals surface area contributed by atoms with E-state index in [1.165, 1.54) is 17.8 Å². The highest BCUT2D eigenvalue weighted by Gasteiger charge is 2.27. The van der Waals surface area contributed by atoms with Gasteiger partial charge in [0, 0.05) is 26.0 Å². The van der Waals surface area contributed by atoms with Gasteiger partial charge in [-0.15, -0.1) is 0 Å². The highest BCUT2D eigenvalue weighted by Crippen LogP contribution is 2.32. The SMILES string of the molecule is CN(C1=NC(=O)/C(=C/c2cccn2C)S1)c1ccccc1C(=O)O. The number of carbonyl (C=O) groups is 2. The molecular formula is C17H15N3O3S. The Bertz CT molecular complexity index is 883. The first-order chi connectivity index (χ1) is 11.5. The number of aliphatic imine (C=N–C) groups is 1. The van der Waals surface area contributed by atoms with E-state index in [2.05, 4.69) is 4.99 Å².